The molecule has 0 bridgehead atoms. The molecule has 1 aromatic heterocycles. The third-order valence-electron chi connectivity index (χ3n) is 4.37. The molecule has 0 unspecified atom stereocenters. The van der Waals surface area contributed by atoms with Crippen molar-refractivity contribution in [3.05, 3.63) is 58.4 Å². The summed E-state index contributed by atoms with van der Waals surface area (Å²) in [5.41, 5.74) is 5.06. The Labute approximate surface area is 149 Å². The first-order valence-corrected chi connectivity index (χ1v) is 8.69. The Morgan fingerprint density at radius 2 is 2.00 bits per heavy atom. The van der Waals surface area contributed by atoms with E-state index in [9.17, 15) is 10.1 Å². The van der Waals surface area contributed by atoms with Gasteiger partial charge in [-0.1, -0.05) is 32.0 Å². The predicted molar refractivity (Wildman–Crippen MR) is 102 cm³/mol. The molecule has 25 heavy (non-hydrogen) atoms. The fourth-order valence-electron chi connectivity index (χ4n) is 2.99. The number of para-hydroxylation sites is 1. The van der Waals surface area contributed by atoms with Gasteiger partial charge in [0.2, 0.25) is 0 Å². The van der Waals surface area contributed by atoms with Gasteiger partial charge >= 0.3 is 0 Å². The Hall–Kier alpha value is -2.80. The molecule has 1 amide bonds. The molecule has 0 radical (unpaired) electrons. The van der Waals surface area contributed by atoms with Gasteiger partial charge in [0.1, 0.15) is 11.6 Å². The Balaban J connectivity index is 2.30. The zero-order valence-corrected chi connectivity index (χ0v) is 15.4. The Morgan fingerprint density at radius 1 is 1.28 bits per heavy atom. The molecule has 0 fully saturated rings. The van der Waals surface area contributed by atoms with Crippen molar-refractivity contribution in [3.63, 3.8) is 0 Å². The van der Waals surface area contributed by atoms with E-state index >= 15 is 0 Å². The zero-order valence-electron chi connectivity index (χ0n) is 15.4. The fraction of sp³-hybridized carbons (Fsp3) is 0.333. The van der Waals surface area contributed by atoms with Gasteiger partial charge in [0.05, 0.1) is 0 Å². The van der Waals surface area contributed by atoms with Gasteiger partial charge in [0.15, 0.2) is 0 Å². The lowest BCUT2D eigenvalue weighted by Gasteiger charge is -2.09. The number of nitrogens with one attached hydrogen (secondary N) is 1. The van der Waals surface area contributed by atoms with Crippen molar-refractivity contribution in [1.29, 1.82) is 5.26 Å². The van der Waals surface area contributed by atoms with Crippen LogP contribution in [0.4, 0.5) is 5.69 Å². The monoisotopic (exact) mass is 335 g/mol. The predicted octanol–water partition coefficient (Wildman–Crippen LogP) is 4.62. The van der Waals surface area contributed by atoms with Crippen LogP contribution in [0.1, 0.15) is 42.8 Å². The van der Waals surface area contributed by atoms with Gasteiger partial charge in [0.25, 0.3) is 5.91 Å². The molecule has 4 heteroatoms. The van der Waals surface area contributed by atoms with Gasteiger partial charge in [0, 0.05) is 23.6 Å². The summed E-state index contributed by atoms with van der Waals surface area (Å²) in [5, 5.41) is 12.3. The van der Waals surface area contributed by atoms with E-state index in [1.807, 2.05) is 57.2 Å². The van der Waals surface area contributed by atoms with E-state index in [0.717, 1.165) is 47.6 Å². The van der Waals surface area contributed by atoms with E-state index in [4.69, 9.17) is 0 Å². The number of hydrogen-bond donors (Lipinski definition) is 1. The highest BCUT2D eigenvalue weighted by atomic mass is 16.1. The summed E-state index contributed by atoms with van der Waals surface area (Å²) in [6.45, 7) is 9.17. The summed E-state index contributed by atoms with van der Waals surface area (Å²) in [6, 6.07) is 11.7. The number of rotatable bonds is 6. The molecule has 0 aliphatic carbocycles. The third kappa shape index (κ3) is 4.19. The van der Waals surface area contributed by atoms with Gasteiger partial charge in [-0.3, -0.25) is 4.79 Å². The van der Waals surface area contributed by atoms with Gasteiger partial charge in [-0.05, 0) is 56.0 Å². The van der Waals surface area contributed by atoms with Crippen LogP contribution < -0.4 is 5.32 Å². The lowest BCUT2D eigenvalue weighted by molar-refractivity contribution is -0.112. The standard InChI is InChI=1S/C21H25N3O/c1-5-11-24-15(3)12-18(16(24)4)13-19(14-22)21(25)23-20-10-8-7-9-17(20)6-2/h7-10,12-13H,5-6,11H2,1-4H3,(H,23,25)/b19-13+. The first kappa shape index (κ1) is 18.5. The molecule has 1 N–H and O–H groups in total. The molecule has 1 heterocycles. The molecule has 4 nitrogen and oxygen atoms in total. The minimum absolute atomic E-state index is 0.114. The molecule has 130 valence electrons. The Kier molecular flexibility index (Phi) is 6.19. The minimum Gasteiger partial charge on any atom is -0.349 e. The molecule has 0 aliphatic rings. The summed E-state index contributed by atoms with van der Waals surface area (Å²) in [4.78, 5) is 12.5. The highest BCUT2D eigenvalue weighted by molar-refractivity contribution is 6.10. The fourth-order valence-corrected chi connectivity index (χ4v) is 2.99. The van der Waals surface area contributed by atoms with Crippen LogP contribution in [0.2, 0.25) is 0 Å². The molecule has 0 atom stereocenters. The first-order valence-electron chi connectivity index (χ1n) is 8.69. The smallest absolute Gasteiger partial charge is 0.266 e. The molecule has 2 rings (SSSR count). The van der Waals surface area contributed by atoms with E-state index in [2.05, 4.69) is 16.8 Å². The second kappa shape index (κ2) is 8.34. The summed E-state index contributed by atoms with van der Waals surface area (Å²) in [7, 11) is 0. The highest BCUT2D eigenvalue weighted by Gasteiger charge is 2.14. The van der Waals surface area contributed by atoms with Gasteiger partial charge in [-0.15, -0.1) is 0 Å². The molecule has 0 aliphatic heterocycles. The molecule has 0 saturated heterocycles. The van der Waals surface area contributed by atoms with Crippen molar-refractivity contribution < 1.29 is 4.79 Å². The quantitative estimate of drug-likeness (QED) is 0.618. The van der Waals surface area contributed by atoms with Crippen LogP contribution in [0.15, 0.2) is 35.9 Å². The van der Waals surface area contributed by atoms with E-state index < -0.39 is 0 Å². The number of carbonyl (C=O) groups excluding carboxylic acids is 1. The number of benzene rings is 1. The second-order valence-electron chi connectivity index (χ2n) is 6.11. The topological polar surface area (TPSA) is 57.8 Å². The van der Waals surface area contributed by atoms with E-state index in [0.29, 0.717) is 0 Å². The molecule has 1 aromatic carbocycles. The van der Waals surface area contributed by atoms with Crippen molar-refractivity contribution in [2.45, 2.75) is 47.1 Å². The van der Waals surface area contributed by atoms with Crippen LogP contribution in [-0.2, 0) is 17.8 Å². The van der Waals surface area contributed by atoms with Crippen molar-refractivity contribution in [1.82, 2.24) is 4.57 Å². The zero-order chi connectivity index (χ0) is 18.4. The number of anilines is 1. The number of amides is 1. The normalized spacial score (nSPS) is 11.2. The van der Waals surface area contributed by atoms with Crippen LogP contribution in [-0.4, -0.2) is 10.5 Å². The largest absolute Gasteiger partial charge is 0.349 e. The number of aryl methyl sites for hydroxylation is 2. The molecule has 0 spiro atoms. The van der Waals surface area contributed by atoms with Gasteiger partial charge < -0.3 is 9.88 Å². The van der Waals surface area contributed by atoms with E-state index in [1.54, 1.807) is 6.08 Å². The highest BCUT2D eigenvalue weighted by Crippen LogP contribution is 2.20. The maximum atomic E-state index is 12.5. The van der Waals surface area contributed by atoms with Gasteiger partial charge in [-0.25, -0.2) is 0 Å². The summed E-state index contributed by atoms with van der Waals surface area (Å²) < 4.78 is 2.21. The summed E-state index contributed by atoms with van der Waals surface area (Å²) >= 11 is 0. The SMILES string of the molecule is CCCn1c(C)cc(/C=C(\C#N)C(=O)Nc2ccccc2CC)c1C. The summed E-state index contributed by atoms with van der Waals surface area (Å²) in [5.74, 6) is -0.372. The Bertz CT molecular complexity index is 837. The van der Waals surface area contributed by atoms with Crippen molar-refractivity contribution in [2.24, 2.45) is 0 Å². The average molecular weight is 335 g/mol. The molecular weight excluding hydrogens is 310 g/mol. The Morgan fingerprint density at radius 3 is 2.64 bits per heavy atom. The third-order valence-corrected chi connectivity index (χ3v) is 4.37. The second-order valence-corrected chi connectivity index (χ2v) is 6.11. The van der Waals surface area contributed by atoms with E-state index in [1.165, 1.54) is 0 Å². The first-order chi connectivity index (χ1) is 12.0. The number of nitrogens with zero attached hydrogens (tertiary/aromatic N) is 2. The van der Waals surface area contributed by atoms with Crippen LogP contribution in [0.3, 0.4) is 0 Å². The lowest BCUT2D eigenvalue weighted by Crippen LogP contribution is -2.14. The van der Waals surface area contributed by atoms with Crippen LogP contribution in [0.25, 0.3) is 6.08 Å². The van der Waals surface area contributed by atoms with Crippen molar-refractivity contribution in [2.75, 3.05) is 5.32 Å². The summed E-state index contributed by atoms with van der Waals surface area (Å²) in [6.07, 6.45) is 3.54. The average Bonchev–Trinajstić information content (AvgIpc) is 2.87. The number of aromatic nitrogens is 1. The van der Waals surface area contributed by atoms with Crippen molar-refractivity contribution in [3.8, 4) is 6.07 Å². The van der Waals surface area contributed by atoms with Crippen LogP contribution >= 0.6 is 0 Å². The number of nitriles is 1. The molecular formula is C21H25N3O. The maximum absolute atomic E-state index is 12.5. The molecule has 2 aromatic rings. The maximum Gasteiger partial charge on any atom is 0.266 e. The number of carbonyl (C=O) groups is 1. The van der Waals surface area contributed by atoms with Crippen LogP contribution in [0, 0.1) is 25.2 Å². The van der Waals surface area contributed by atoms with Crippen molar-refractivity contribution >= 4 is 17.7 Å². The van der Waals surface area contributed by atoms with Crippen LogP contribution in [0.5, 0.6) is 0 Å². The molecule has 0 saturated carbocycles. The van der Waals surface area contributed by atoms with E-state index in [-0.39, 0.29) is 11.5 Å². The van der Waals surface area contributed by atoms with Gasteiger partial charge in [-0.2, -0.15) is 5.26 Å². The lowest BCUT2D eigenvalue weighted by atomic mass is 10.1. The minimum atomic E-state index is -0.372. The number of hydrogen-bond acceptors (Lipinski definition) is 2.